The lowest BCUT2D eigenvalue weighted by Crippen LogP contribution is -2.44. The molecule has 1 aliphatic heterocycles. The fourth-order valence-corrected chi connectivity index (χ4v) is 1.40. The van der Waals surface area contributed by atoms with Gasteiger partial charge in [-0.1, -0.05) is 11.7 Å². The van der Waals surface area contributed by atoms with E-state index in [4.69, 9.17) is 4.84 Å². The van der Waals surface area contributed by atoms with Gasteiger partial charge in [-0.25, -0.2) is 0 Å². The van der Waals surface area contributed by atoms with Gasteiger partial charge in [0.25, 0.3) is 0 Å². The molecule has 0 radical (unpaired) electrons. The number of β-amino-alcohol motifs (C(OH)–C–C–N with tert-alkyl or cyclic N) is 1. The smallest absolute Gasteiger partial charge is 0.160 e. The van der Waals surface area contributed by atoms with E-state index in [0.717, 1.165) is 11.3 Å². The van der Waals surface area contributed by atoms with Crippen molar-refractivity contribution in [1.29, 1.82) is 0 Å². The Balaban J connectivity index is 2.36. The third kappa shape index (κ3) is 3.94. The zero-order valence-corrected chi connectivity index (χ0v) is 10.6. The third-order valence-electron chi connectivity index (χ3n) is 2.46. The molecule has 0 aliphatic carbocycles. The molecule has 0 amide bonds. The number of aliphatic hydroxyl groups excluding tert-OH is 1. The normalized spacial score (nSPS) is 22.6. The fraction of sp³-hybridized carbons (Fsp3) is 0.750. The Morgan fingerprint density at radius 1 is 1.69 bits per heavy atom. The molecule has 0 bridgehead atoms. The van der Waals surface area contributed by atoms with Crippen molar-refractivity contribution in [3.63, 3.8) is 0 Å². The SMILES string of the molecule is C=C(C)C1=NO[C@H]([C@H](O)CNC(C)(C)C)C1. The van der Waals surface area contributed by atoms with Gasteiger partial charge in [0.15, 0.2) is 6.10 Å². The van der Waals surface area contributed by atoms with Crippen LogP contribution in [0.1, 0.15) is 34.1 Å². The van der Waals surface area contributed by atoms with Crippen LogP contribution < -0.4 is 5.32 Å². The van der Waals surface area contributed by atoms with E-state index in [2.05, 4.69) is 37.8 Å². The maximum Gasteiger partial charge on any atom is 0.160 e. The highest BCUT2D eigenvalue weighted by molar-refractivity contribution is 5.99. The van der Waals surface area contributed by atoms with Gasteiger partial charge in [0.05, 0.1) is 5.71 Å². The second kappa shape index (κ2) is 4.97. The van der Waals surface area contributed by atoms with Crippen LogP contribution >= 0.6 is 0 Å². The first kappa shape index (κ1) is 13.2. The van der Waals surface area contributed by atoms with Crippen LogP contribution in [0.3, 0.4) is 0 Å². The quantitative estimate of drug-likeness (QED) is 0.763. The van der Waals surface area contributed by atoms with Crippen LogP contribution in [0, 0.1) is 0 Å². The molecule has 0 aromatic carbocycles. The van der Waals surface area contributed by atoms with E-state index in [0.29, 0.717) is 13.0 Å². The second-order valence-electron chi connectivity index (χ2n) is 5.36. The second-order valence-corrected chi connectivity index (χ2v) is 5.36. The van der Waals surface area contributed by atoms with E-state index in [1.807, 2.05) is 6.92 Å². The molecule has 0 unspecified atom stereocenters. The Labute approximate surface area is 97.4 Å². The largest absolute Gasteiger partial charge is 0.389 e. The van der Waals surface area contributed by atoms with Crippen LogP contribution in [-0.4, -0.2) is 35.1 Å². The van der Waals surface area contributed by atoms with Crippen molar-refractivity contribution >= 4 is 5.71 Å². The standard InChI is InChI=1S/C12H22N2O2/c1-8(2)9-6-11(16-14-9)10(15)7-13-12(3,4)5/h10-11,13,15H,1,6-7H2,2-5H3/t10-,11+/m1/s1. The maximum atomic E-state index is 9.92. The first-order chi connectivity index (χ1) is 7.29. The number of nitrogens with zero attached hydrogens (tertiary/aromatic N) is 1. The van der Waals surface area contributed by atoms with Crippen molar-refractivity contribution in [3.05, 3.63) is 12.2 Å². The molecule has 0 aromatic heterocycles. The topological polar surface area (TPSA) is 53.9 Å². The summed E-state index contributed by atoms with van der Waals surface area (Å²) in [4.78, 5) is 5.19. The summed E-state index contributed by atoms with van der Waals surface area (Å²) in [7, 11) is 0. The highest BCUT2D eigenvalue weighted by atomic mass is 16.7. The molecule has 16 heavy (non-hydrogen) atoms. The van der Waals surface area contributed by atoms with Crippen molar-refractivity contribution in [2.45, 2.75) is 51.9 Å². The Bertz CT molecular complexity index is 292. The van der Waals surface area contributed by atoms with Crippen LogP contribution in [0.25, 0.3) is 0 Å². The molecular weight excluding hydrogens is 204 g/mol. The summed E-state index contributed by atoms with van der Waals surface area (Å²) in [6, 6.07) is 0. The summed E-state index contributed by atoms with van der Waals surface area (Å²) in [5, 5.41) is 17.1. The lowest BCUT2D eigenvalue weighted by Gasteiger charge is -2.24. The van der Waals surface area contributed by atoms with Crippen LogP contribution in [0.4, 0.5) is 0 Å². The summed E-state index contributed by atoms with van der Waals surface area (Å²) in [6.07, 6.45) is -0.149. The molecule has 0 fully saturated rings. The van der Waals surface area contributed by atoms with E-state index in [1.54, 1.807) is 0 Å². The van der Waals surface area contributed by atoms with Gasteiger partial charge in [-0.2, -0.15) is 0 Å². The Morgan fingerprint density at radius 2 is 2.31 bits per heavy atom. The van der Waals surface area contributed by atoms with Crippen LogP contribution in [0.15, 0.2) is 17.3 Å². The summed E-state index contributed by atoms with van der Waals surface area (Å²) in [6.45, 7) is 12.4. The van der Waals surface area contributed by atoms with Crippen molar-refractivity contribution in [1.82, 2.24) is 5.32 Å². The average molecular weight is 226 g/mol. The predicted octanol–water partition coefficient (Wildman–Crippen LogP) is 1.46. The van der Waals surface area contributed by atoms with Crippen LogP contribution in [0.5, 0.6) is 0 Å². The van der Waals surface area contributed by atoms with Crippen molar-refractivity contribution in [2.75, 3.05) is 6.54 Å². The lowest BCUT2D eigenvalue weighted by atomic mass is 10.0. The molecule has 1 rings (SSSR count). The van der Waals surface area contributed by atoms with E-state index < -0.39 is 6.10 Å². The Morgan fingerprint density at radius 3 is 2.75 bits per heavy atom. The van der Waals surface area contributed by atoms with E-state index in [-0.39, 0.29) is 11.6 Å². The number of hydrogen-bond acceptors (Lipinski definition) is 4. The molecule has 1 aliphatic rings. The third-order valence-corrected chi connectivity index (χ3v) is 2.46. The number of allylic oxidation sites excluding steroid dienone is 1. The Kier molecular flexibility index (Phi) is 4.10. The van der Waals surface area contributed by atoms with Crippen LogP contribution in [0.2, 0.25) is 0 Å². The van der Waals surface area contributed by atoms with Gasteiger partial charge in [0.2, 0.25) is 0 Å². The maximum absolute atomic E-state index is 9.92. The van der Waals surface area contributed by atoms with Gasteiger partial charge in [-0.05, 0) is 33.3 Å². The number of hydrogen-bond donors (Lipinski definition) is 2. The Hall–Kier alpha value is -0.870. The summed E-state index contributed by atoms with van der Waals surface area (Å²) in [5.74, 6) is 0. The van der Waals surface area contributed by atoms with E-state index in [1.165, 1.54) is 0 Å². The molecule has 4 heteroatoms. The molecule has 0 saturated carbocycles. The first-order valence-corrected chi connectivity index (χ1v) is 5.61. The zero-order chi connectivity index (χ0) is 12.3. The first-order valence-electron chi connectivity index (χ1n) is 5.61. The van der Waals surface area contributed by atoms with E-state index in [9.17, 15) is 5.11 Å². The van der Waals surface area contributed by atoms with Crippen molar-refractivity contribution < 1.29 is 9.94 Å². The summed E-state index contributed by atoms with van der Waals surface area (Å²) >= 11 is 0. The molecule has 0 spiro atoms. The molecule has 0 aromatic rings. The molecule has 1 heterocycles. The van der Waals surface area contributed by atoms with Crippen molar-refractivity contribution in [3.8, 4) is 0 Å². The number of aliphatic hydroxyl groups is 1. The lowest BCUT2D eigenvalue weighted by molar-refractivity contribution is -0.0181. The molecule has 2 N–H and O–H groups in total. The monoisotopic (exact) mass is 226 g/mol. The van der Waals surface area contributed by atoms with Gasteiger partial charge in [-0.15, -0.1) is 0 Å². The summed E-state index contributed by atoms with van der Waals surface area (Å²) < 4.78 is 0. The van der Waals surface area contributed by atoms with Gasteiger partial charge in [0, 0.05) is 18.5 Å². The predicted molar refractivity (Wildman–Crippen MR) is 65.5 cm³/mol. The zero-order valence-electron chi connectivity index (χ0n) is 10.6. The van der Waals surface area contributed by atoms with E-state index >= 15 is 0 Å². The molecular formula is C12H22N2O2. The van der Waals surface area contributed by atoms with Gasteiger partial charge < -0.3 is 15.3 Å². The van der Waals surface area contributed by atoms with Gasteiger partial charge >= 0.3 is 0 Å². The molecule has 4 nitrogen and oxygen atoms in total. The molecule has 0 saturated heterocycles. The number of nitrogens with one attached hydrogen (secondary N) is 1. The molecule has 92 valence electrons. The minimum Gasteiger partial charge on any atom is -0.389 e. The minimum atomic E-state index is -0.542. The summed E-state index contributed by atoms with van der Waals surface area (Å²) in [5.41, 5.74) is 1.75. The average Bonchev–Trinajstić information content (AvgIpc) is 2.61. The minimum absolute atomic E-state index is 0.00236. The fourth-order valence-electron chi connectivity index (χ4n) is 1.40. The highest BCUT2D eigenvalue weighted by Gasteiger charge is 2.29. The highest BCUT2D eigenvalue weighted by Crippen LogP contribution is 2.17. The molecule has 2 atom stereocenters. The van der Waals surface area contributed by atoms with Crippen LogP contribution in [-0.2, 0) is 4.84 Å². The van der Waals surface area contributed by atoms with Gasteiger partial charge in [0.1, 0.15) is 6.10 Å². The number of oxime groups is 1. The number of rotatable bonds is 4. The van der Waals surface area contributed by atoms with Crippen molar-refractivity contribution in [2.24, 2.45) is 5.16 Å². The van der Waals surface area contributed by atoms with Gasteiger partial charge in [-0.3, -0.25) is 0 Å².